The number of ether oxygens (including phenoxy) is 1. The molecular formula is C22H29BrN2O2S. The van der Waals surface area contributed by atoms with E-state index in [1.807, 2.05) is 6.92 Å². The highest BCUT2D eigenvalue weighted by atomic mass is 79.9. The summed E-state index contributed by atoms with van der Waals surface area (Å²) < 4.78 is 6.27. The molecule has 5 rings (SSSR count). The Balaban J connectivity index is 1.36. The van der Waals surface area contributed by atoms with Gasteiger partial charge in [0.05, 0.1) is 11.1 Å². The van der Waals surface area contributed by atoms with Crippen molar-refractivity contribution >= 4 is 39.2 Å². The first-order valence-electron chi connectivity index (χ1n) is 10.4. The summed E-state index contributed by atoms with van der Waals surface area (Å²) in [7, 11) is 0. The van der Waals surface area contributed by atoms with Crippen LogP contribution in [0.1, 0.15) is 62.7 Å². The maximum Gasteiger partial charge on any atom is 0.257 e. The molecule has 0 aliphatic heterocycles. The molecule has 4 fully saturated rings. The highest BCUT2D eigenvalue weighted by molar-refractivity contribution is 9.10. The maximum absolute atomic E-state index is 12.6. The van der Waals surface area contributed by atoms with Gasteiger partial charge >= 0.3 is 0 Å². The fraction of sp³-hybridized carbons (Fsp3) is 0.636. The minimum atomic E-state index is -0.195. The van der Waals surface area contributed by atoms with Crippen LogP contribution in [0.4, 0.5) is 0 Å². The topological polar surface area (TPSA) is 50.4 Å². The van der Waals surface area contributed by atoms with E-state index in [1.54, 1.807) is 18.2 Å². The van der Waals surface area contributed by atoms with Crippen LogP contribution in [0, 0.1) is 23.2 Å². The van der Waals surface area contributed by atoms with Crippen LogP contribution in [0.15, 0.2) is 22.7 Å². The average molecular weight is 465 g/mol. The van der Waals surface area contributed by atoms with Gasteiger partial charge in [0.15, 0.2) is 5.11 Å². The molecule has 6 heteroatoms. The van der Waals surface area contributed by atoms with Gasteiger partial charge in [0.1, 0.15) is 5.75 Å². The Morgan fingerprint density at radius 3 is 2.39 bits per heavy atom. The summed E-state index contributed by atoms with van der Waals surface area (Å²) in [6.45, 7) is 4.77. The standard InChI is InChI=1S/C22H29BrN2O2S/c1-3-27-19-5-4-17(9-18(19)23)20(26)25-21(28)24-13(2)22-10-14-6-15(11-22)8-16(7-14)12-22/h4-5,9,13-16H,3,6-8,10-12H2,1-2H3,(H2,24,25,26,28)/t13-,14?,15?,16?,22?/m0/s1. The lowest BCUT2D eigenvalue weighted by molar-refractivity contribution is -0.0672. The number of amides is 1. The van der Waals surface area contributed by atoms with Crippen LogP contribution in [0.25, 0.3) is 0 Å². The molecule has 1 atom stereocenters. The van der Waals surface area contributed by atoms with Crippen molar-refractivity contribution in [1.29, 1.82) is 0 Å². The monoisotopic (exact) mass is 464 g/mol. The second kappa shape index (κ2) is 7.94. The predicted molar refractivity (Wildman–Crippen MR) is 119 cm³/mol. The summed E-state index contributed by atoms with van der Waals surface area (Å²) in [5, 5.41) is 6.73. The molecule has 1 aromatic rings. The number of hydrogen-bond donors (Lipinski definition) is 2. The van der Waals surface area contributed by atoms with Crippen LogP contribution in [-0.2, 0) is 0 Å². The van der Waals surface area contributed by atoms with Gasteiger partial charge in [0.25, 0.3) is 5.91 Å². The number of carbonyl (C=O) groups excluding carboxylic acids is 1. The molecular weight excluding hydrogens is 436 g/mol. The Labute approximate surface area is 181 Å². The van der Waals surface area contributed by atoms with Crippen molar-refractivity contribution in [2.24, 2.45) is 23.2 Å². The van der Waals surface area contributed by atoms with Crippen LogP contribution in [-0.4, -0.2) is 23.7 Å². The molecule has 4 aliphatic carbocycles. The number of benzene rings is 1. The van der Waals surface area contributed by atoms with Gasteiger partial charge in [-0.05, 0) is 122 Å². The molecule has 4 saturated carbocycles. The SMILES string of the molecule is CCOc1ccc(C(=O)NC(=S)N[C@@H](C)C23CC4CC(CC(C4)C2)C3)cc1Br. The first-order chi connectivity index (χ1) is 13.4. The number of hydrogen-bond acceptors (Lipinski definition) is 3. The Morgan fingerprint density at radius 1 is 1.25 bits per heavy atom. The number of nitrogens with one attached hydrogen (secondary N) is 2. The minimum Gasteiger partial charge on any atom is -0.493 e. The normalized spacial score (nSPS) is 31.3. The van der Waals surface area contributed by atoms with E-state index in [2.05, 4.69) is 33.5 Å². The summed E-state index contributed by atoms with van der Waals surface area (Å²) in [6, 6.07) is 5.62. The molecule has 4 nitrogen and oxygen atoms in total. The van der Waals surface area contributed by atoms with E-state index in [9.17, 15) is 4.79 Å². The lowest BCUT2D eigenvalue weighted by atomic mass is 9.48. The lowest BCUT2D eigenvalue weighted by Gasteiger charge is -2.59. The van der Waals surface area contributed by atoms with Crippen LogP contribution in [0.5, 0.6) is 5.75 Å². The molecule has 4 aliphatic rings. The first-order valence-corrected chi connectivity index (χ1v) is 11.6. The molecule has 152 valence electrons. The number of carbonyl (C=O) groups is 1. The molecule has 2 N–H and O–H groups in total. The molecule has 0 spiro atoms. The van der Waals surface area contributed by atoms with Gasteiger partial charge in [-0.3, -0.25) is 10.1 Å². The van der Waals surface area contributed by atoms with Crippen molar-refractivity contribution in [2.45, 2.75) is 58.4 Å². The quantitative estimate of drug-likeness (QED) is 0.598. The minimum absolute atomic E-state index is 0.195. The second-order valence-corrected chi connectivity index (χ2v) is 10.3. The van der Waals surface area contributed by atoms with Crippen LogP contribution in [0.3, 0.4) is 0 Å². The third-order valence-electron chi connectivity index (χ3n) is 7.07. The molecule has 0 saturated heterocycles. The third kappa shape index (κ3) is 3.95. The Morgan fingerprint density at radius 2 is 1.86 bits per heavy atom. The molecule has 0 radical (unpaired) electrons. The van der Waals surface area contributed by atoms with Crippen molar-refractivity contribution in [1.82, 2.24) is 10.6 Å². The molecule has 1 aromatic carbocycles. The summed E-state index contributed by atoms with van der Waals surface area (Å²) in [6.07, 6.45) is 8.24. The zero-order valence-corrected chi connectivity index (χ0v) is 19.0. The highest BCUT2D eigenvalue weighted by Crippen LogP contribution is 2.61. The second-order valence-electron chi connectivity index (χ2n) is 9.01. The van der Waals surface area contributed by atoms with E-state index < -0.39 is 0 Å². The molecule has 0 heterocycles. The van der Waals surface area contributed by atoms with E-state index in [0.29, 0.717) is 28.7 Å². The van der Waals surface area contributed by atoms with Crippen molar-refractivity contribution in [3.63, 3.8) is 0 Å². The summed E-state index contributed by atoms with van der Waals surface area (Å²) in [5.41, 5.74) is 0.910. The molecule has 1 amide bonds. The van der Waals surface area contributed by atoms with Crippen molar-refractivity contribution < 1.29 is 9.53 Å². The summed E-state index contributed by atoms with van der Waals surface area (Å²) in [4.78, 5) is 12.6. The molecule has 28 heavy (non-hydrogen) atoms. The fourth-order valence-electron chi connectivity index (χ4n) is 6.18. The van der Waals surface area contributed by atoms with Gasteiger partial charge in [-0.15, -0.1) is 0 Å². The highest BCUT2D eigenvalue weighted by Gasteiger charge is 2.53. The predicted octanol–water partition coefficient (Wildman–Crippen LogP) is 5.06. The van der Waals surface area contributed by atoms with Crippen LogP contribution >= 0.6 is 28.1 Å². The van der Waals surface area contributed by atoms with Crippen molar-refractivity contribution in [3.8, 4) is 5.75 Å². The number of halogens is 1. The smallest absolute Gasteiger partial charge is 0.257 e. The van der Waals surface area contributed by atoms with Crippen molar-refractivity contribution in [3.05, 3.63) is 28.2 Å². The Bertz CT molecular complexity index is 747. The van der Waals surface area contributed by atoms with Gasteiger partial charge in [0, 0.05) is 11.6 Å². The zero-order chi connectivity index (χ0) is 19.9. The Kier molecular flexibility index (Phi) is 5.71. The van der Waals surface area contributed by atoms with Crippen LogP contribution < -0.4 is 15.4 Å². The third-order valence-corrected chi connectivity index (χ3v) is 7.91. The van der Waals surface area contributed by atoms with Gasteiger partial charge in [-0.1, -0.05) is 0 Å². The van der Waals surface area contributed by atoms with E-state index in [0.717, 1.165) is 28.0 Å². The lowest BCUT2D eigenvalue weighted by Crippen LogP contribution is -2.57. The van der Waals surface area contributed by atoms with E-state index in [4.69, 9.17) is 17.0 Å². The number of thiocarbonyl (C=S) groups is 1. The zero-order valence-electron chi connectivity index (χ0n) is 16.6. The summed E-state index contributed by atoms with van der Waals surface area (Å²) in [5.74, 6) is 3.24. The average Bonchev–Trinajstić information content (AvgIpc) is 2.62. The number of rotatable bonds is 5. The largest absolute Gasteiger partial charge is 0.493 e. The summed E-state index contributed by atoms with van der Waals surface area (Å²) >= 11 is 8.94. The maximum atomic E-state index is 12.6. The van der Waals surface area contributed by atoms with E-state index in [-0.39, 0.29) is 5.91 Å². The molecule has 0 aromatic heterocycles. The molecule has 4 bridgehead atoms. The molecule has 0 unspecified atom stereocenters. The van der Waals surface area contributed by atoms with Gasteiger partial charge in [0.2, 0.25) is 0 Å². The Hall–Kier alpha value is -1.14. The van der Waals surface area contributed by atoms with E-state index >= 15 is 0 Å². The van der Waals surface area contributed by atoms with Crippen molar-refractivity contribution in [2.75, 3.05) is 6.61 Å². The van der Waals surface area contributed by atoms with E-state index in [1.165, 1.54) is 38.5 Å². The van der Waals surface area contributed by atoms with Gasteiger partial charge < -0.3 is 10.1 Å². The van der Waals surface area contributed by atoms with Gasteiger partial charge in [-0.2, -0.15) is 0 Å². The van der Waals surface area contributed by atoms with Gasteiger partial charge in [-0.25, -0.2) is 0 Å². The fourth-order valence-corrected chi connectivity index (χ4v) is 6.95. The first kappa shape index (κ1) is 20.1. The van der Waals surface area contributed by atoms with Crippen LogP contribution in [0.2, 0.25) is 0 Å².